The molecule has 1 aromatic heterocycles. The van der Waals surface area contributed by atoms with Crippen LogP contribution in [-0.4, -0.2) is 48.5 Å². The highest BCUT2D eigenvalue weighted by Gasteiger charge is 2.27. The highest BCUT2D eigenvalue weighted by atomic mass is 32.2. The molecule has 6 nitrogen and oxygen atoms in total. The summed E-state index contributed by atoms with van der Waals surface area (Å²) in [5.74, 6) is 0.157. The second-order valence-electron chi connectivity index (χ2n) is 5.50. The molecule has 1 fully saturated rings. The molecular formula is C15H23N3O3S. The largest absolute Gasteiger partial charge is 0.353 e. The van der Waals surface area contributed by atoms with Crippen molar-refractivity contribution < 1.29 is 13.2 Å². The molecule has 122 valence electrons. The van der Waals surface area contributed by atoms with Crippen molar-refractivity contribution in [3.8, 4) is 0 Å². The van der Waals surface area contributed by atoms with Gasteiger partial charge < -0.3 is 5.32 Å². The third-order valence-corrected chi connectivity index (χ3v) is 5.85. The molecule has 0 radical (unpaired) electrons. The molecule has 0 bridgehead atoms. The Morgan fingerprint density at radius 2 is 1.95 bits per heavy atom. The lowest BCUT2D eigenvalue weighted by Crippen LogP contribution is -2.46. The molecule has 0 spiro atoms. The number of piperidine rings is 1. The number of carbonyl (C=O) groups is 1. The first kappa shape index (κ1) is 16.9. The predicted molar refractivity (Wildman–Crippen MR) is 84.8 cm³/mol. The molecule has 0 atom stereocenters. The van der Waals surface area contributed by atoms with Gasteiger partial charge in [-0.05, 0) is 43.9 Å². The lowest BCUT2D eigenvalue weighted by molar-refractivity contribution is -0.122. The van der Waals surface area contributed by atoms with Gasteiger partial charge in [-0.1, -0.05) is 0 Å². The average molecular weight is 325 g/mol. The SMILES string of the molecule is CCS(=O)(=O)N1CCC(NC(=O)CCc2ccncc2)CC1. The van der Waals surface area contributed by atoms with Crippen LogP contribution in [0.5, 0.6) is 0 Å². The van der Waals surface area contributed by atoms with E-state index >= 15 is 0 Å². The van der Waals surface area contributed by atoms with E-state index in [2.05, 4.69) is 10.3 Å². The summed E-state index contributed by atoms with van der Waals surface area (Å²) in [6, 6.07) is 3.89. The van der Waals surface area contributed by atoms with Gasteiger partial charge in [0.05, 0.1) is 5.75 Å². The number of pyridine rings is 1. The summed E-state index contributed by atoms with van der Waals surface area (Å²) in [7, 11) is -3.10. The Morgan fingerprint density at radius 1 is 1.32 bits per heavy atom. The van der Waals surface area contributed by atoms with Gasteiger partial charge in [-0.25, -0.2) is 12.7 Å². The molecule has 1 saturated heterocycles. The number of aryl methyl sites for hydroxylation is 1. The molecule has 2 heterocycles. The summed E-state index contributed by atoms with van der Waals surface area (Å²) >= 11 is 0. The molecule has 7 heteroatoms. The van der Waals surface area contributed by atoms with Crippen LogP contribution in [-0.2, 0) is 21.2 Å². The first-order chi connectivity index (χ1) is 10.5. The van der Waals surface area contributed by atoms with Gasteiger partial charge in [-0.15, -0.1) is 0 Å². The normalized spacial score (nSPS) is 17.3. The second-order valence-corrected chi connectivity index (χ2v) is 7.75. The van der Waals surface area contributed by atoms with E-state index in [1.54, 1.807) is 19.3 Å². The number of nitrogens with one attached hydrogen (secondary N) is 1. The van der Waals surface area contributed by atoms with Gasteiger partial charge in [-0.3, -0.25) is 9.78 Å². The van der Waals surface area contributed by atoms with E-state index < -0.39 is 10.0 Å². The monoisotopic (exact) mass is 325 g/mol. The minimum absolute atomic E-state index is 0.0219. The minimum Gasteiger partial charge on any atom is -0.353 e. The Labute approximate surface area is 132 Å². The minimum atomic E-state index is -3.10. The van der Waals surface area contributed by atoms with E-state index in [-0.39, 0.29) is 17.7 Å². The van der Waals surface area contributed by atoms with Crippen molar-refractivity contribution in [1.29, 1.82) is 0 Å². The zero-order chi connectivity index (χ0) is 16.0. The molecule has 0 aliphatic carbocycles. The summed E-state index contributed by atoms with van der Waals surface area (Å²) in [4.78, 5) is 15.9. The van der Waals surface area contributed by atoms with Crippen molar-refractivity contribution in [3.63, 3.8) is 0 Å². The fraction of sp³-hybridized carbons (Fsp3) is 0.600. The molecule has 0 aromatic carbocycles. The number of rotatable bonds is 6. The molecule has 0 unspecified atom stereocenters. The molecule has 1 N–H and O–H groups in total. The van der Waals surface area contributed by atoms with Crippen LogP contribution in [0.4, 0.5) is 0 Å². The molecule has 1 amide bonds. The van der Waals surface area contributed by atoms with Crippen LogP contribution in [0.15, 0.2) is 24.5 Å². The lowest BCUT2D eigenvalue weighted by Gasteiger charge is -2.31. The third kappa shape index (κ3) is 4.78. The second kappa shape index (κ2) is 7.69. The predicted octanol–water partition coefficient (Wildman–Crippen LogP) is 0.945. The zero-order valence-electron chi connectivity index (χ0n) is 12.9. The van der Waals surface area contributed by atoms with Crippen molar-refractivity contribution in [2.45, 2.75) is 38.6 Å². The molecule has 0 saturated carbocycles. The Morgan fingerprint density at radius 3 is 2.55 bits per heavy atom. The number of hydrogen-bond donors (Lipinski definition) is 1. The fourth-order valence-corrected chi connectivity index (χ4v) is 3.70. The highest BCUT2D eigenvalue weighted by Crippen LogP contribution is 2.14. The average Bonchev–Trinajstić information content (AvgIpc) is 2.54. The molecule has 1 aliphatic rings. The van der Waals surface area contributed by atoms with Crippen molar-refractivity contribution in [3.05, 3.63) is 30.1 Å². The summed E-state index contributed by atoms with van der Waals surface area (Å²) in [5, 5.41) is 3.00. The van der Waals surface area contributed by atoms with E-state index in [0.717, 1.165) is 5.56 Å². The number of amides is 1. The fourth-order valence-electron chi connectivity index (χ4n) is 2.57. The van der Waals surface area contributed by atoms with Crippen molar-refractivity contribution in [1.82, 2.24) is 14.6 Å². The van der Waals surface area contributed by atoms with E-state index in [1.807, 2.05) is 12.1 Å². The van der Waals surface area contributed by atoms with Gasteiger partial charge in [0, 0.05) is 37.9 Å². The van der Waals surface area contributed by atoms with Crippen molar-refractivity contribution >= 4 is 15.9 Å². The van der Waals surface area contributed by atoms with Crippen LogP contribution in [0.3, 0.4) is 0 Å². The molecule has 22 heavy (non-hydrogen) atoms. The maximum Gasteiger partial charge on any atom is 0.220 e. The van der Waals surface area contributed by atoms with Crippen LogP contribution >= 0.6 is 0 Å². The first-order valence-corrected chi connectivity index (χ1v) is 9.28. The van der Waals surface area contributed by atoms with Crippen LogP contribution in [0.2, 0.25) is 0 Å². The van der Waals surface area contributed by atoms with E-state index in [4.69, 9.17) is 0 Å². The molecule has 1 aliphatic heterocycles. The summed E-state index contributed by atoms with van der Waals surface area (Å²) in [5.41, 5.74) is 1.09. The Hall–Kier alpha value is -1.47. The number of aromatic nitrogens is 1. The maximum atomic E-state index is 12.0. The highest BCUT2D eigenvalue weighted by molar-refractivity contribution is 7.89. The van der Waals surface area contributed by atoms with Crippen LogP contribution in [0.25, 0.3) is 0 Å². The Kier molecular flexibility index (Phi) is 5.90. The topological polar surface area (TPSA) is 79.4 Å². The van der Waals surface area contributed by atoms with E-state index in [9.17, 15) is 13.2 Å². The van der Waals surface area contributed by atoms with Gasteiger partial charge in [0.1, 0.15) is 0 Å². The van der Waals surface area contributed by atoms with Crippen molar-refractivity contribution in [2.24, 2.45) is 0 Å². The van der Waals surface area contributed by atoms with Gasteiger partial charge in [-0.2, -0.15) is 0 Å². The molecule has 2 rings (SSSR count). The van der Waals surface area contributed by atoms with E-state index in [1.165, 1.54) is 4.31 Å². The van der Waals surface area contributed by atoms with E-state index in [0.29, 0.717) is 38.8 Å². The number of hydrogen-bond acceptors (Lipinski definition) is 4. The van der Waals surface area contributed by atoms with Crippen LogP contribution < -0.4 is 5.32 Å². The number of nitrogens with zero attached hydrogens (tertiary/aromatic N) is 2. The number of sulfonamides is 1. The molecular weight excluding hydrogens is 302 g/mol. The smallest absolute Gasteiger partial charge is 0.220 e. The molecule has 1 aromatic rings. The summed E-state index contributed by atoms with van der Waals surface area (Å²) in [6.45, 7) is 2.64. The summed E-state index contributed by atoms with van der Waals surface area (Å²) in [6.07, 6.45) is 5.93. The van der Waals surface area contributed by atoms with Gasteiger partial charge in [0.2, 0.25) is 15.9 Å². The maximum absolute atomic E-state index is 12.0. The number of carbonyl (C=O) groups excluding carboxylic acids is 1. The van der Waals surface area contributed by atoms with Gasteiger partial charge in [0.25, 0.3) is 0 Å². The van der Waals surface area contributed by atoms with Crippen molar-refractivity contribution in [2.75, 3.05) is 18.8 Å². The zero-order valence-corrected chi connectivity index (χ0v) is 13.7. The summed E-state index contributed by atoms with van der Waals surface area (Å²) < 4.78 is 25.1. The third-order valence-electron chi connectivity index (χ3n) is 3.97. The van der Waals surface area contributed by atoms with Gasteiger partial charge >= 0.3 is 0 Å². The quantitative estimate of drug-likeness (QED) is 0.844. The Bertz CT molecular complexity index is 581. The first-order valence-electron chi connectivity index (χ1n) is 7.67. The lowest BCUT2D eigenvalue weighted by atomic mass is 10.1. The standard InChI is InChI=1S/C15H23N3O3S/c1-2-22(20,21)18-11-7-14(8-12-18)17-15(19)4-3-13-5-9-16-10-6-13/h5-6,9-10,14H,2-4,7-8,11-12H2,1H3,(H,17,19). The van der Waals surface area contributed by atoms with Gasteiger partial charge in [0.15, 0.2) is 0 Å². The van der Waals surface area contributed by atoms with Crippen LogP contribution in [0.1, 0.15) is 31.7 Å². The Balaban J connectivity index is 1.73. The van der Waals surface area contributed by atoms with Crippen LogP contribution in [0, 0.1) is 0 Å².